The Labute approximate surface area is 141 Å². The number of amides is 1. The Morgan fingerprint density at radius 3 is 2.78 bits per heavy atom. The number of rotatable bonds is 6. The zero-order chi connectivity index (χ0) is 17.0. The SMILES string of the molecule is CCCNC(=O)OC[C@]12CO[C@H](CCC)[C@H](C(C)=C[C@H]1C)[C@H]2C. The molecule has 0 saturated carbocycles. The number of fused-ring (bicyclic) bond motifs is 2. The van der Waals surface area contributed by atoms with E-state index in [4.69, 9.17) is 9.47 Å². The van der Waals surface area contributed by atoms with Crippen molar-refractivity contribution in [3.8, 4) is 0 Å². The van der Waals surface area contributed by atoms with Crippen LogP contribution in [-0.4, -0.2) is 32.0 Å². The Bertz CT molecular complexity index is 448. The van der Waals surface area contributed by atoms with Crippen molar-refractivity contribution in [2.45, 2.75) is 60.0 Å². The molecule has 1 fully saturated rings. The van der Waals surface area contributed by atoms with E-state index in [9.17, 15) is 4.79 Å². The van der Waals surface area contributed by atoms with Gasteiger partial charge in [-0.05, 0) is 31.6 Å². The zero-order valence-electron chi connectivity index (χ0n) is 15.4. The van der Waals surface area contributed by atoms with E-state index in [1.165, 1.54) is 5.57 Å². The van der Waals surface area contributed by atoms with E-state index in [1.54, 1.807) is 0 Å². The van der Waals surface area contributed by atoms with Crippen molar-refractivity contribution in [3.05, 3.63) is 11.6 Å². The Morgan fingerprint density at radius 2 is 2.13 bits per heavy atom. The lowest BCUT2D eigenvalue weighted by molar-refractivity contribution is -0.164. The minimum Gasteiger partial charge on any atom is -0.449 e. The summed E-state index contributed by atoms with van der Waals surface area (Å²) in [4.78, 5) is 11.9. The largest absolute Gasteiger partial charge is 0.449 e. The maximum absolute atomic E-state index is 11.9. The van der Waals surface area contributed by atoms with E-state index < -0.39 is 0 Å². The van der Waals surface area contributed by atoms with Crippen molar-refractivity contribution in [2.24, 2.45) is 23.2 Å². The number of ether oxygens (including phenoxy) is 2. The number of allylic oxidation sites excluding steroid dienone is 1. The van der Waals surface area contributed by atoms with Gasteiger partial charge in [-0.3, -0.25) is 0 Å². The van der Waals surface area contributed by atoms with Crippen LogP contribution in [0.25, 0.3) is 0 Å². The predicted molar refractivity (Wildman–Crippen MR) is 92.3 cm³/mol. The number of alkyl carbamates (subject to hydrolysis) is 1. The van der Waals surface area contributed by atoms with E-state index in [0.717, 1.165) is 19.3 Å². The van der Waals surface area contributed by atoms with Crippen LogP contribution in [0.2, 0.25) is 0 Å². The van der Waals surface area contributed by atoms with Gasteiger partial charge in [-0.2, -0.15) is 0 Å². The van der Waals surface area contributed by atoms with Gasteiger partial charge in [0.15, 0.2) is 0 Å². The Balaban J connectivity index is 2.12. The highest BCUT2D eigenvalue weighted by atomic mass is 16.6. The Hall–Kier alpha value is -1.03. The third-order valence-corrected chi connectivity index (χ3v) is 5.92. The molecular formula is C19H33NO3. The van der Waals surface area contributed by atoms with Crippen LogP contribution in [0.15, 0.2) is 11.6 Å². The van der Waals surface area contributed by atoms with Gasteiger partial charge in [0.1, 0.15) is 6.61 Å². The molecule has 1 amide bonds. The second-order valence-corrected chi connectivity index (χ2v) is 7.39. The monoisotopic (exact) mass is 323 g/mol. The van der Waals surface area contributed by atoms with Crippen LogP contribution in [0.4, 0.5) is 4.79 Å². The van der Waals surface area contributed by atoms with Gasteiger partial charge < -0.3 is 14.8 Å². The van der Waals surface area contributed by atoms with Crippen molar-refractivity contribution in [3.63, 3.8) is 0 Å². The molecule has 0 aromatic rings. The van der Waals surface area contributed by atoms with Crippen LogP contribution in [0.1, 0.15) is 53.9 Å². The molecule has 0 unspecified atom stereocenters. The van der Waals surface area contributed by atoms with Crippen molar-refractivity contribution >= 4 is 6.09 Å². The fraction of sp³-hybridized carbons (Fsp3) is 0.842. The van der Waals surface area contributed by atoms with Crippen LogP contribution >= 0.6 is 0 Å². The van der Waals surface area contributed by atoms with Crippen LogP contribution in [0.3, 0.4) is 0 Å². The zero-order valence-corrected chi connectivity index (χ0v) is 15.4. The molecule has 23 heavy (non-hydrogen) atoms. The first-order chi connectivity index (χ1) is 11.0. The van der Waals surface area contributed by atoms with Crippen molar-refractivity contribution < 1.29 is 14.3 Å². The van der Waals surface area contributed by atoms with Crippen LogP contribution in [0.5, 0.6) is 0 Å². The number of hydrogen-bond acceptors (Lipinski definition) is 3. The van der Waals surface area contributed by atoms with Gasteiger partial charge >= 0.3 is 6.09 Å². The molecule has 0 aromatic heterocycles. The van der Waals surface area contributed by atoms with Gasteiger partial charge in [0.25, 0.3) is 0 Å². The predicted octanol–water partition coefficient (Wildman–Crippen LogP) is 4.16. The Kier molecular flexibility index (Phi) is 6.12. The topological polar surface area (TPSA) is 47.6 Å². The summed E-state index contributed by atoms with van der Waals surface area (Å²) < 4.78 is 11.8. The van der Waals surface area contributed by atoms with Gasteiger partial charge in [0, 0.05) is 17.9 Å². The first-order valence-corrected chi connectivity index (χ1v) is 9.16. The molecule has 0 radical (unpaired) electrons. The molecule has 1 aliphatic heterocycles. The average molecular weight is 323 g/mol. The molecule has 1 saturated heterocycles. The quantitative estimate of drug-likeness (QED) is 0.747. The molecule has 2 bridgehead atoms. The number of hydrogen-bond donors (Lipinski definition) is 1. The molecular weight excluding hydrogens is 290 g/mol. The van der Waals surface area contributed by atoms with Crippen molar-refractivity contribution in [2.75, 3.05) is 19.8 Å². The van der Waals surface area contributed by atoms with Gasteiger partial charge in [0.05, 0.1) is 12.7 Å². The standard InChI is InChI=1S/C19H33NO3/c1-6-8-16-17-13(3)10-14(4)19(11-22-16,15(17)5)12-23-18(21)20-9-7-2/h10,14-17H,6-9,11-12H2,1-5H3,(H,20,21)/t14-,15-,16-,17-,19-/m1/s1. The van der Waals surface area contributed by atoms with Crippen LogP contribution < -0.4 is 5.32 Å². The Morgan fingerprint density at radius 1 is 1.39 bits per heavy atom. The lowest BCUT2D eigenvalue weighted by Gasteiger charge is -2.55. The lowest BCUT2D eigenvalue weighted by atomic mass is 9.56. The van der Waals surface area contributed by atoms with Gasteiger partial charge in [0.2, 0.25) is 0 Å². The molecule has 0 aromatic carbocycles. The fourth-order valence-electron chi connectivity index (χ4n) is 4.41. The van der Waals surface area contributed by atoms with Crippen molar-refractivity contribution in [1.29, 1.82) is 0 Å². The minimum atomic E-state index is -0.306. The summed E-state index contributed by atoms with van der Waals surface area (Å²) in [6.45, 7) is 12.8. The average Bonchev–Trinajstić information content (AvgIpc) is 2.51. The molecule has 5 atom stereocenters. The van der Waals surface area contributed by atoms with E-state index in [0.29, 0.717) is 43.6 Å². The second kappa shape index (κ2) is 7.69. The smallest absolute Gasteiger partial charge is 0.407 e. The maximum atomic E-state index is 11.9. The summed E-state index contributed by atoms with van der Waals surface area (Å²) in [6, 6.07) is 0. The third kappa shape index (κ3) is 3.57. The van der Waals surface area contributed by atoms with Crippen molar-refractivity contribution in [1.82, 2.24) is 5.32 Å². The number of carbonyl (C=O) groups is 1. The molecule has 1 heterocycles. The fourth-order valence-corrected chi connectivity index (χ4v) is 4.41. The first kappa shape index (κ1) is 18.3. The summed E-state index contributed by atoms with van der Waals surface area (Å²) in [6.07, 6.45) is 5.53. The highest BCUT2D eigenvalue weighted by Crippen LogP contribution is 2.53. The summed E-state index contributed by atoms with van der Waals surface area (Å²) in [5, 5.41) is 2.79. The summed E-state index contributed by atoms with van der Waals surface area (Å²) in [5.41, 5.74) is 1.34. The highest BCUT2D eigenvalue weighted by Gasteiger charge is 2.53. The molecule has 2 aliphatic rings. The van der Waals surface area contributed by atoms with Gasteiger partial charge in [-0.15, -0.1) is 0 Å². The molecule has 2 rings (SSSR count). The molecule has 4 heteroatoms. The highest BCUT2D eigenvalue weighted by molar-refractivity contribution is 5.67. The van der Waals surface area contributed by atoms with Gasteiger partial charge in [-0.1, -0.05) is 45.8 Å². The van der Waals surface area contributed by atoms with Crippen LogP contribution in [0, 0.1) is 23.2 Å². The van der Waals surface area contributed by atoms with E-state index in [-0.39, 0.29) is 11.5 Å². The normalized spacial score (nSPS) is 36.3. The van der Waals surface area contributed by atoms with E-state index in [2.05, 4.69) is 39.1 Å². The molecule has 132 valence electrons. The minimum absolute atomic E-state index is 0.0992. The second-order valence-electron chi connectivity index (χ2n) is 7.39. The summed E-state index contributed by atoms with van der Waals surface area (Å²) >= 11 is 0. The van der Waals surface area contributed by atoms with E-state index >= 15 is 0 Å². The third-order valence-electron chi connectivity index (χ3n) is 5.92. The molecule has 4 nitrogen and oxygen atoms in total. The van der Waals surface area contributed by atoms with Crippen LogP contribution in [-0.2, 0) is 9.47 Å². The van der Waals surface area contributed by atoms with Gasteiger partial charge in [-0.25, -0.2) is 4.79 Å². The number of carbonyl (C=O) groups excluding carboxylic acids is 1. The maximum Gasteiger partial charge on any atom is 0.407 e. The number of nitrogens with one attached hydrogen (secondary N) is 1. The molecule has 1 aliphatic carbocycles. The molecule has 1 N–H and O–H groups in total. The lowest BCUT2D eigenvalue weighted by Crippen LogP contribution is -2.57. The molecule has 0 spiro atoms. The summed E-state index contributed by atoms with van der Waals surface area (Å²) in [5.74, 6) is 1.27. The summed E-state index contributed by atoms with van der Waals surface area (Å²) in [7, 11) is 0. The first-order valence-electron chi connectivity index (χ1n) is 9.16. The van der Waals surface area contributed by atoms with E-state index in [1.807, 2.05) is 6.92 Å².